The van der Waals surface area contributed by atoms with Crippen molar-refractivity contribution in [2.24, 2.45) is 5.92 Å². The van der Waals surface area contributed by atoms with Crippen LogP contribution in [0.1, 0.15) is 58.1 Å². The number of nitrogens with zero attached hydrogens (tertiary/aromatic N) is 1. The Morgan fingerprint density at radius 1 is 1.44 bits per heavy atom. The summed E-state index contributed by atoms with van der Waals surface area (Å²) in [5.41, 5.74) is 1.39. The maximum atomic E-state index is 12.7. The Bertz CT molecular complexity index is 716. The van der Waals surface area contributed by atoms with E-state index >= 15 is 0 Å². The Morgan fingerprint density at radius 3 is 3.04 bits per heavy atom. The van der Waals surface area contributed by atoms with E-state index in [0.29, 0.717) is 6.54 Å². The normalized spacial score (nSPS) is 21.9. The number of rotatable bonds is 5. The van der Waals surface area contributed by atoms with Crippen molar-refractivity contribution in [3.8, 4) is 0 Å². The summed E-state index contributed by atoms with van der Waals surface area (Å²) in [7, 11) is 0. The van der Waals surface area contributed by atoms with Crippen LogP contribution in [-0.2, 0) is 12.8 Å². The molecule has 0 aromatic carbocycles. The Kier molecular flexibility index (Phi) is 4.95. The molecule has 1 amide bonds. The van der Waals surface area contributed by atoms with Crippen LogP contribution in [0.2, 0.25) is 0 Å². The molecule has 1 N–H and O–H groups in total. The summed E-state index contributed by atoms with van der Waals surface area (Å²) in [6, 6.07) is 6.19. The molecule has 1 aliphatic carbocycles. The third-order valence-electron chi connectivity index (χ3n) is 5.46. The van der Waals surface area contributed by atoms with Crippen molar-refractivity contribution in [3.63, 3.8) is 0 Å². The van der Waals surface area contributed by atoms with E-state index in [1.54, 1.807) is 17.6 Å². The van der Waals surface area contributed by atoms with Crippen LogP contribution in [0, 0.1) is 5.92 Å². The molecule has 5 heteroatoms. The zero-order valence-corrected chi connectivity index (χ0v) is 15.6. The molecule has 4 nitrogen and oxygen atoms in total. The first-order chi connectivity index (χ1) is 12.2. The topological polar surface area (TPSA) is 45.5 Å². The van der Waals surface area contributed by atoms with Crippen LogP contribution in [-0.4, -0.2) is 30.4 Å². The van der Waals surface area contributed by atoms with E-state index in [0.717, 1.165) is 42.5 Å². The maximum absolute atomic E-state index is 12.7. The summed E-state index contributed by atoms with van der Waals surface area (Å²) >= 11 is 1.68. The van der Waals surface area contributed by atoms with Gasteiger partial charge in [-0.1, -0.05) is 6.92 Å². The number of furan rings is 1. The SMILES string of the molecule is CC1CCc2sc(C(=O)NCC(c3ccco3)N3CCCC3)cc2C1. The van der Waals surface area contributed by atoms with E-state index in [2.05, 4.69) is 23.2 Å². The highest BCUT2D eigenvalue weighted by Crippen LogP contribution is 2.32. The lowest BCUT2D eigenvalue weighted by Crippen LogP contribution is -2.36. The Balaban J connectivity index is 1.43. The minimum Gasteiger partial charge on any atom is -0.468 e. The molecule has 2 aromatic heterocycles. The van der Waals surface area contributed by atoms with Crippen molar-refractivity contribution >= 4 is 17.2 Å². The monoisotopic (exact) mass is 358 g/mol. The van der Waals surface area contributed by atoms with Crippen molar-refractivity contribution in [2.75, 3.05) is 19.6 Å². The van der Waals surface area contributed by atoms with Gasteiger partial charge in [0.25, 0.3) is 5.91 Å². The number of fused-ring (bicyclic) bond motifs is 1. The van der Waals surface area contributed by atoms with Crippen LogP contribution < -0.4 is 5.32 Å². The van der Waals surface area contributed by atoms with Crippen molar-refractivity contribution in [1.82, 2.24) is 10.2 Å². The van der Waals surface area contributed by atoms with E-state index in [9.17, 15) is 4.79 Å². The third-order valence-corrected chi connectivity index (χ3v) is 6.70. The van der Waals surface area contributed by atoms with Crippen LogP contribution in [0.15, 0.2) is 28.9 Å². The van der Waals surface area contributed by atoms with Crippen molar-refractivity contribution < 1.29 is 9.21 Å². The molecule has 1 saturated heterocycles. The summed E-state index contributed by atoms with van der Waals surface area (Å²) in [4.78, 5) is 17.4. The van der Waals surface area contributed by atoms with Gasteiger partial charge < -0.3 is 9.73 Å². The molecule has 1 fully saturated rings. The van der Waals surface area contributed by atoms with Crippen molar-refractivity contribution in [3.05, 3.63) is 45.5 Å². The molecule has 134 valence electrons. The first kappa shape index (κ1) is 16.9. The van der Waals surface area contributed by atoms with Crippen molar-refractivity contribution in [1.29, 1.82) is 0 Å². The van der Waals surface area contributed by atoms with Gasteiger partial charge in [-0.3, -0.25) is 9.69 Å². The summed E-state index contributed by atoms with van der Waals surface area (Å²) in [5, 5.41) is 3.15. The molecule has 2 aliphatic rings. The number of likely N-dealkylation sites (tertiary alicyclic amines) is 1. The quantitative estimate of drug-likeness (QED) is 0.878. The molecular formula is C20H26N2O2S. The fourth-order valence-electron chi connectivity index (χ4n) is 4.04. The zero-order chi connectivity index (χ0) is 17.2. The van der Waals surface area contributed by atoms with Gasteiger partial charge in [-0.05, 0) is 74.9 Å². The standard InChI is InChI=1S/C20H26N2O2S/c1-14-6-7-18-15(11-14)12-19(25-18)20(23)21-13-16(17-5-4-10-24-17)22-8-2-3-9-22/h4-5,10,12,14,16H,2-3,6-9,11,13H2,1H3,(H,21,23). The second kappa shape index (κ2) is 7.34. The van der Waals surface area contributed by atoms with E-state index in [-0.39, 0.29) is 11.9 Å². The largest absolute Gasteiger partial charge is 0.468 e. The number of hydrogen-bond acceptors (Lipinski definition) is 4. The minimum absolute atomic E-state index is 0.0582. The molecule has 4 rings (SSSR count). The van der Waals surface area contributed by atoms with Crippen molar-refractivity contribution in [2.45, 2.75) is 45.1 Å². The molecule has 0 radical (unpaired) electrons. The maximum Gasteiger partial charge on any atom is 0.261 e. The second-order valence-corrected chi connectivity index (χ2v) is 8.53. The summed E-state index contributed by atoms with van der Waals surface area (Å²) in [6.07, 6.45) is 7.64. The van der Waals surface area contributed by atoms with Crippen LogP contribution in [0.3, 0.4) is 0 Å². The highest BCUT2D eigenvalue weighted by molar-refractivity contribution is 7.14. The molecular weight excluding hydrogens is 332 g/mol. The molecule has 25 heavy (non-hydrogen) atoms. The number of hydrogen-bond donors (Lipinski definition) is 1. The number of amides is 1. The number of nitrogens with one attached hydrogen (secondary N) is 1. The fourth-order valence-corrected chi connectivity index (χ4v) is 5.16. The van der Waals surface area contributed by atoms with Gasteiger partial charge in [-0.25, -0.2) is 0 Å². The minimum atomic E-state index is 0.0582. The highest BCUT2D eigenvalue weighted by Gasteiger charge is 2.27. The van der Waals surface area contributed by atoms with E-state index in [1.807, 2.05) is 12.1 Å². The predicted molar refractivity (Wildman–Crippen MR) is 100 cm³/mol. The van der Waals surface area contributed by atoms with Crippen LogP contribution in [0.25, 0.3) is 0 Å². The number of carbonyl (C=O) groups is 1. The van der Waals surface area contributed by atoms with Gasteiger partial charge in [0.05, 0.1) is 17.2 Å². The molecule has 0 saturated carbocycles. The van der Waals surface area contributed by atoms with Gasteiger partial charge >= 0.3 is 0 Å². The molecule has 0 spiro atoms. The Morgan fingerprint density at radius 2 is 2.28 bits per heavy atom. The van der Waals surface area contributed by atoms with Crippen LogP contribution in [0.5, 0.6) is 0 Å². The van der Waals surface area contributed by atoms with Crippen LogP contribution in [0.4, 0.5) is 0 Å². The van der Waals surface area contributed by atoms with Gasteiger partial charge in [0.1, 0.15) is 5.76 Å². The van der Waals surface area contributed by atoms with Gasteiger partial charge in [0.2, 0.25) is 0 Å². The van der Waals surface area contributed by atoms with Gasteiger partial charge in [0.15, 0.2) is 0 Å². The summed E-state index contributed by atoms with van der Waals surface area (Å²) in [6.45, 7) is 5.05. The Hall–Kier alpha value is -1.59. The number of aryl methyl sites for hydroxylation is 1. The third kappa shape index (κ3) is 3.67. The predicted octanol–water partition coefficient (Wildman–Crippen LogP) is 4.03. The number of thiophene rings is 1. The van der Waals surface area contributed by atoms with Gasteiger partial charge in [-0.2, -0.15) is 0 Å². The first-order valence-corrected chi connectivity index (χ1v) is 10.2. The average Bonchev–Trinajstić information content (AvgIpc) is 3.36. The lowest BCUT2D eigenvalue weighted by atomic mass is 9.90. The molecule has 2 aromatic rings. The van der Waals surface area contributed by atoms with E-state index < -0.39 is 0 Å². The lowest BCUT2D eigenvalue weighted by Gasteiger charge is -2.25. The molecule has 2 atom stereocenters. The summed E-state index contributed by atoms with van der Waals surface area (Å²) < 4.78 is 5.63. The molecule has 1 aliphatic heterocycles. The van der Waals surface area contributed by atoms with Gasteiger partial charge in [0, 0.05) is 11.4 Å². The molecule has 2 unspecified atom stereocenters. The molecule has 0 bridgehead atoms. The number of carbonyl (C=O) groups excluding carboxylic acids is 1. The zero-order valence-electron chi connectivity index (χ0n) is 14.8. The fraction of sp³-hybridized carbons (Fsp3) is 0.550. The Labute approximate surface area is 153 Å². The second-order valence-electron chi connectivity index (χ2n) is 7.39. The first-order valence-electron chi connectivity index (χ1n) is 9.38. The highest BCUT2D eigenvalue weighted by atomic mass is 32.1. The van der Waals surface area contributed by atoms with E-state index in [1.165, 1.54) is 29.7 Å². The van der Waals surface area contributed by atoms with Gasteiger partial charge in [-0.15, -0.1) is 11.3 Å². The average molecular weight is 359 g/mol. The van der Waals surface area contributed by atoms with E-state index in [4.69, 9.17) is 4.42 Å². The smallest absolute Gasteiger partial charge is 0.261 e. The lowest BCUT2D eigenvalue weighted by molar-refractivity contribution is 0.0937. The molecule has 3 heterocycles. The van der Waals surface area contributed by atoms with Crippen LogP contribution >= 0.6 is 11.3 Å². The summed E-state index contributed by atoms with van der Waals surface area (Å²) in [5.74, 6) is 1.74.